The molecule has 0 atom stereocenters. The van der Waals surface area contributed by atoms with Crippen molar-refractivity contribution in [3.8, 4) is 5.75 Å². The molecule has 3 aromatic carbocycles. The van der Waals surface area contributed by atoms with Gasteiger partial charge in [0.05, 0.1) is 6.54 Å². The lowest BCUT2D eigenvalue weighted by molar-refractivity contribution is 0.0731. The van der Waals surface area contributed by atoms with Crippen LogP contribution in [0.4, 0.5) is 0 Å². The summed E-state index contributed by atoms with van der Waals surface area (Å²) in [5, 5.41) is 11.5. The molecule has 1 amide bonds. The number of halogens is 1. The number of nitrogens with zero attached hydrogens (tertiary/aromatic N) is 2. The van der Waals surface area contributed by atoms with E-state index in [2.05, 4.69) is 28.8 Å². The summed E-state index contributed by atoms with van der Waals surface area (Å²) in [6.45, 7) is 1.96. The van der Waals surface area contributed by atoms with Crippen LogP contribution in [-0.2, 0) is 19.5 Å². The highest BCUT2D eigenvalue weighted by atomic mass is 35.5. The number of hydrogen-bond acceptors (Lipinski definition) is 2. The van der Waals surface area contributed by atoms with Crippen LogP contribution in [0.3, 0.4) is 0 Å². The van der Waals surface area contributed by atoms with Crippen LogP contribution in [0.2, 0.25) is 5.02 Å². The molecule has 4 nitrogen and oxygen atoms in total. The second-order valence-electron chi connectivity index (χ2n) is 7.68. The molecule has 0 fully saturated rings. The maximum atomic E-state index is 13.1. The van der Waals surface area contributed by atoms with E-state index < -0.39 is 0 Å². The highest BCUT2D eigenvalue weighted by Crippen LogP contribution is 2.32. The van der Waals surface area contributed by atoms with Gasteiger partial charge in [-0.05, 0) is 60.0 Å². The molecular formula is C25H21ClN2O2. The van der Waals surface area contributed by atoms with E-state index in [1.54, 1.807) is 36.4 Å². The van der Waals surface area contributed by atoms with Crippen molar-refractivity contribution >= 4 is 28.4 Å². The zero-order chi connectivity index (χ0) is 20.7. The smallest absolute Gasteiger partial charge is 0.254 e. The van der Waals surface area contributed by atoms with Crippen LogP contribution in [0.5, 0.6) is 5.75 Å². The van der Waals surface area contributed by atoms with Gasteiger partial charge in [-0.1, -0.05) is 41.9 Å². The number of fused-ring (bicyclic) bond motifs is 3. The molecule has 5 heteroatoms. The number of aromatic nitrogens is 1. The summed E-state index contributed by atoms with van der Waals surface area (Å²) in [6, 6.07) is 22.8. The fourth-order valence-electron chi connectivity index (χ4n) is 4.31. The number of carbonyl (C=O) groups is 1. The molecule has 30 heavy (non-hydrogen) atoms. The van der Waals surface area contributed by atoms with E-state index in [1.807, 2.05) is 17.0 Å². The van der Waals surface area contributed by atoms with Crippen LogP contribution >= 0.6 is 11.6 Å². The molecule has 4 aromatic rings. The SMILES string of the molecule is O=C(c1ccc(Cl)cc1)N1CCc2c(n(Cc3ccc(O)cc3)c3ccccc23)C1. The maximum absolute atomic E-state index is 13.1. The van der Waals surface area contributed by atoms with E-state index in [1.165, 1.54) is 22.2 Å². The fourth-order valence-corrected chi connectivity index (χ4v) is 4.43. The molecule has 150 valence electrons. The Hall–Kier alpha value is -3.24. The van der Waals surface area contributed by atoms with Crippen LogP contribution in [0.25, 0.3) is 10.9 Å². The first kappa shape index (κ1) is 18.8. The second-order valence-corrected chi connectivity index (χ2v) is 8.12. The molecule has 0 aliphatic carbocycles. The first-order valence-corrected chi connectivity index (χ1v) is 10.4. The van der Waals surface area contributed by atoms with Crippen molar-refractivity contribution in [1.29, 1.82) is 0 Å². The van der Waals surface area contributed by atoms with Crippen molar-refractivity contribution in [3.05, 3.63) is 100 Å². The van der Waals surface area contributed by atoms with Gasteiger partial charge in [0, 0.05) is 40.3 Å². The fraction of sp³-hybridized carbons (Fsp3) is 0.160. The molecule has 1 N–H and O–H groups in total. The molecule has 1 aromatic heterocycles. The van der Waals surface area contributed by atoms with Gasteiger partial charge in [0.15, 0.2) is 0 Å². The Labute approximate surface area is 179 Å². The number of hydrogen-bond donors (Lipinski definition) is 1. The summed E-state index contributed by atoms with van der Waals surface area (Å²) in [5.41, 5.74) is 5.44. The van der Waals surface area contributed by atoms with Gasteiger partial charge in [0.1, 0.15) is 5.75 Å². The lowest BCUT2D eigenvalue weighted by Gasteiger charge is -2.29. The number of benzene rings is 3. The lowest BCUT2D eigenvalue weighted by Crippen LogP contribution is -2.36. The summed E-state index contributed by atoms with van der Waals surface area (Å²) < 4.78 is 2.30. The number of amides is 1. The minimum atomic E-state index is 0.0266. The van der Waals surface area contributed by atoms with Crippen molar-refractivity contribution in [2.75, 3.05) is 6.54 Å². The number of aromatic hydroxyl groups is 1. The lowest BCUT2D eigenvalue weighted by atomic mass is 10.0. The zero-order valence-electron chi connectivity index (χ0n) is 16.4. The molecule has 0 saturated carbocycles. The highest BCUT2D eigenvalue weighted by molar-refractivity contribution is 6.30. The van der Waals surface area contributed by atoms with Crippen molar-refractivity contribution in [2.45, 2.75) is 19.5 Å². The molecule has 1 aliphatic rings. The Morgan fingerprint density at radius 2 is 1.70 bits per heavy atom. The largest absolute Gasteiger partial charge is 0.508 e. The molecule has 0 spiro atoms. The average molecular weight is 417 g/mol. The van der Waals surface area contributed by atoms with E-state index in [-0.39, 0.29) is 11.7 Å². The Balaban J connectivity index is 1.53. The molecule has 0 radical (unpaired) electrons. The van der Waals surface area contributed by atoms with Crippen LogP contribution in [0.15, 0.2) is 72.8 Å². The third-order valence-corrected chi connectivity index (χ3v) is 6.07. The van der Waals surface area contributed by atoms with Crippen LogP contribution in [-0.4, -0.2) is 27.0 Å². The Morgan fingerprint density at radius 1 is 0.967 bits per heavy atom. The monoisotopic (exact) mass is 416 g/mol. The van der Waals surface area contributed by atoms with Gasteiger partial charge < -0.3 is 14.6 Å². The highest BCUT2D eigenvalue weighted by Gasteiger charge is 2.27. The van der Waals surface area contributed by atoms with Crippen LogP contribution < -0.4 is 0 Å². The van der Waals surface area contributed by atoms with E-state index in [9.17, 15) is 9.90 Å². The summed E-state index contributed by atoms with van der Waals surface area (Å²) in [4.78, 5) is 15.0. The van der Waals surface area contributed by atoms with Crippen molar-refractivity contribution in [1.82, 2.24) is 9.47 Å². The van der Waals surface area contributed by atoms with Gasteiger partial charge in [-0.25, -0.2) is 0 Å². The standard InChI is InChI=1S/C25H21ClN2O2/c26-19-9-7-18(8-10-19)25(30)27-14-13-22-21-3-1-2-4-23(21)28(24(22)16-27)15-17-5-11-20(29)12-6-17/h1-12,29H,13-16H2. The zero-order valence-corrected chi connectivity index (χ0v) is 17.1. The van der Waals surface area contributed by atoms with Crippen LogP contribution in [0.1, 0.15) is 27.2 Å². The quantitative estimate of drug-likeness (QED) is 0.496. The summed E-state index contributed by atoms with van der Waals surface area (Å²) in [5.74, 6) is 0.289. The molecule has 0 saturated heterocycles. The number of carbonyl (C=O) groups excluding carboxylic acids is 1. The van der Waals surface area contributed by atoms with E-state index in [4.69, 9.17) is 11.6 Å². The molecule has 2 heterocycles. The summed E-state index contributed by atoms with van der Waals surface area (Å²) in [7, 11) is 0. The van der Waals surface area contributed by atoms with Gasteiger partial charge in [0.25, 0.3) is 5.91 Å². The van der Waals surface area contributed by atoms with E-state index in [0.29, 0.717) is 30.2 Å². The van der Waals surface area contributed by atoms with Crippen LogP contribution in [0, 0.1) is 0 Å². The predicted molar refractivity (Wildman–Crippen MR) is 119 cm³/mol. The topological polar surface area (TPSA) is 45.5 Å². The maximum Gasteiger partial charge on any atom is 0.254 e. The van der Waals surface area contributed by atoms with Gasteiger partial charge in [-0.15, -0.1) is 0 Å². The Bertz CT molecular complexity index is 1230. The normalized spacial score (nSPS) is 13.4. The number of phenolic OH excluding ortho intramolecular Hbond substituents is 1. The molecule has 5 rings (SSSR count). The van der Waals surface area contributed by atoms with Gasteiger partial charge in [-0.3, -0.25) is 4.79 Å². The Morgan fingerprint density at radius 3 is 2.47 bits per heavy atom. The first-order valence-electron chi connectivity index (χ1n) is 10.0. The molecule has 0 unspecified atom stereocenters. The molecule has 1 aliphatic heterocycles. The number of rotatable bonds is 3. The van der Waals surface area contributed by atoms with Crippen molar-refractivity contribution in [2.24, 2.45) is 0 Å². The third kappa shape index (κ3) is 3.33. The van der Waals surface area contributed by atoms with Gasteiger partial charge in [0.2, 0.25) is 0 Å². The van der Waals surface area contributed by atoms with E-state index >= 15 is 0 Å². The average Bonchev–Trinajstić information content (AvgIpc) is 3.08. The summed E-state index contributed by atoms with van der Waals surface area (Å²) >= 11 is 5.98. The molecular weight excluding hydrogens is 396 g/mol. The first-order chi connectivity index (χ1) is 14.6. The van der Waals surface area contributed by atoms with E-state index in [0.717, 1.165) is 12.0 Å². The minimum absolute atomic E-state index is 0.0266. The van der Waals surface area contributed by atoms with Gasteiger partial charge >= 0.3 is 0 Å². The number of para-hydroxylation sites is 1. The minimum Gasteiger partial charge on any atom is -0.508 e. The summed E-state index contributed by atoms with van der Waals surface area (Å²) in [6.07, 6.45) is 0.831. The third-order valence-electron chi connectivity index (χ3n) is 5.82. The molecule has 0 bridgehead atoms. The van der Waals surface area contributed by atoms with Crippen molar-refractivity contribution < 1.29 is 9.90 Å². The van der Waals surface area contributed by atoms with Crippen molar-refractivity contribution in [3.63, 3.8) is 0 Å². The number of phenols is 1. The Kier molecular flexibility index (Phi) is 4.72. The predicted octanol–water partition coefficient (Wildman–Crippen LogP) is 5.25. The van der Waals surface area contributed by atoms with Gasteiger partial charge in [-0.2, -0.15) is 0 Å². The second kappa shape index (κ2) is 7.54.